The number of hydrogen-bond acceptors (Lipinski definition) is 3. The number of nitrogens with zero attached hydrogens (tertiary/aromatic N) is 2. The highest BCUT2D eigenvalue weighted by atomic mass is 15.1. The molecule has 0 radical (unpaired) electrons. The van der Waals surface area contributed by atoms with Crippen LogP contribution in [0.1, 0.15) is 36.9 Å². The van der Waals surface area contributed by atoms with Crippen molar-refractivity contribution >= 4 is 0 Å². The van der Waals surface area contributed by atoms with Crippen molar-refractivity contribution < 1.29 is 0 Å². The Bertz CT molecular complexity index is 436. The molecule has 1 heterocycles. The van der Waals surface area contributed by atoms with Gasteiger partial charge in [0.2, 0.25) is 0 Å². The molecule has 1 aromatic carbocycles. The van der Waals surface area contributed by atoms with Gasteiger partial charge in [-0.3, -0.25) is 0 Å². The molecular formula is C15H21N3. The van der Waals surface area contributed by atoms with Gasteiger partial charge in [-0.1, -0.05) is 12.1 Å². The second-order valence-electron chi connectivity index (χ2n) is 5.23. The van der Waals surface area contributed by atoms with Crippen LogP contribution in [0.3, 0.4) is 0 Å². The number of benzene rings is 1. The van der Waals surface area contributed by atoms with E-state index in [0.717, 1.165) is 12.1 Å². The topological polar surface area (TPSA) is 39.1 Å². The van der Waals surface area contributed by atoms with Gasteiger partial charge in [-0.15, -0.1) is 0 Å². The summed E-state index contributed by atoms with van der Waals surface area (Å²) in [7, 11) is 2.18. The van der Waals surface area contributed by atoms with Crippen LogP contribution in [-0.2, 0) is 0 Å². The van der Waals surface area contributed by atoms with Crippen LogP contribution >= 0.6 is 0 Å². The molecule has 2 atom stereocenters. The Morgan fingerprint density at radius 1 is 1.50 bits per heavy atom. The zero-order valence-corrected chi connectivity index (χ0v) is 11.2. The van der Waals surface area contributed by atoms with E-state index in [4.69, 9.17) is 5.26 Å². The van der Waals surface area contributed by atoms with Gasteiger partial charge in [0.05, 0.1) is 11.6 Å². The van der Waals surface area contributed by atoms with E-state index in [0.29, 0.717) is 12.1 Å². The fourth-order valence-electron chi connectivity index (χ4n) is 2.63. The fourth-order valence-corrected chi connectivity index (χ4v) is 2.63. The predicted molar refractivity (Wildman–Crippen MR) is 73.2 cm³/mol. The Hall–Kier alpha value is -1.37. The summed E-state index contributed by atoms with van der Waals surface area (Å²) in [5.74, 6) is 0. The molecule has 18 heavy (non-hydrogen) atoms. The molecule has 0 aromatic heterocycles. The number of likely N-dealkylation sites (tertiary alicyclic amines) is 1. The average molecular weight is 243 g/mol. The number of piperidine rings is 1. The lowest BCUT2D eigenvalue weighted by Crippen LogP contribution is -2.44. The molecule has 0 aliphatic carbocycles. The number of nitriles is 1. The summed E-state index contributed by atoms with van der Waals surface area (Å²) in [4.78, 5) is 2.37. The minimum atomic E-state index is 0.301. The summed E-state index contributed by atoms with van der Waals surface area (Å²) in [6.07, 6.45) is 2.51. The molecule has 0 spiro atoms. The van der Waals surface area contributed by atoms with E-state index in [2.05, 4.69) is 36.3 Å². The lowest BCUT2D eigenvalue weighted by atomic mass is 10.0. The van der Waals surface area contributed by atoms with E-state index in [9.17, 15) is 0 Å². The lowest BCUT2D eigenvalue weighted by Gasteiger charge is -2.32. The second kappa shape index (κ2) is 5.99. The molecule has 96 valence electrons. The fraction of sp³-hybridized carbons (Fsp3) is 0.533. The Morgan fingerprint density at radius 3 is 3.06 bits per heavy atom. The molecule has 3 heteroatoms. The monoisotopic (exact) mass is 243 g/mol. The van der Waals surface area contributed by atoms with Gasteiger partial charge >= 0.3 is 0 Å². The smallest absolute Gasteiger partial charge is 0.0991 e. The van der Waals surface area contributed by atoms with E-state index in [1.165, 1.54) is 24.9 Å². The van der Waals surface area contributed by atoms with Crippen molar-refractivity contribution in [2.75, 3.05) is 20.1 Å². The molecular weight excluding hydrogens is 222 g/mol. The highest BCUT2D eigenvalue weighted by Crippen LogP contribution is 2.17. The van der Waals surface area contributed by atoms with Gasteiger partial charge in [0, 0.05) is 18.6 Å². The van der Waals surface area contributed by atoms with Gasteiger partial charge in [-0.2, -0.15) is 5.26 Å². The lowest BCUT2D eigenvalue weighted by molar-refractivity contribution is 0.218. The Kier molecular flexibility index (Phi) is 4.35. The minimum Gasteiger partial charge on any atom is -0.306 e. The quantitative estimate of drug-likeness (QED) is 0.885. The maximum absolute atomic E-state index is 8.92. The molecule has 0 bridgehead atoms. The van der Waals surface area contributed by atoms with Crippen molar-refractivity contribution in [3.63, 3.8) is 0 Å². The minimum absolute atomic E-state index is 0.301. The summed E-state index contributed by atoms with van der Waals surface area (Å²) >= 11 is 0. The number of nitrogens with one attached hydrogen (secondary N) is 1. The zero-order chi connectivity index (χ0) is 13.0. The molecule has 1 aromatic rings. The summed E-state index contributed by atoms with van der Waals surface area (Å²) in [5.41, 5.74) is 1.93. The largest absolute Gasteiger partial charge is 0.306 e. The molecule has 1 aliphatic rings. The van der Waals surface area contributed by atoms with Crippen molar-refractivity contribution in [2.24, 2.45) is 0 Å². The highest BCUT2D eigenvalue weighted by molar-refractivity contribution is 5.34. The van der Waals surface area contributed by atoms with Gasteiger partial charge in [0.15, 0.2) is 0 Å². The van der Waals surface area contributed by atoms with Crippen LogP contribution in [0.2, 0.25) is 0 Å². The van der Waals surface area contributed by atoms with Crippen molar-refractivity contribution in [2.45, 2.75) is 31.8 Å². The van der Waals surface area contributed by atoms with Crippen LogP contribution in [0.15, 0.2) is 24.3 Å². The Labute approximate surface area is 109 Å². The summed E-state index contributed by atoms with van der Waals surface area (Å²) in [6.45, 7) is 4.49. The van der Waals surface area contributed by atoms with E-state index in [1.54, 1.807) is 0 Å². The third-order valence-electron chi connectivity index (χ3n) is 3.63. The van der Waals surface area contributed by atoms with Gasteiger partial charge in [0.25, 0.3) is 0 Å². The molecule has 1 fully saturated rings. The zero-order valence-electron chi connectivity index (χ0n) is 11.2. The summed E-state index contributed by atoms with van der Waals surface area (Å²) < 4.78 is 0. The van der Waals surface area contributed by atoms with Crippen LogP contribution in [0.4, 0.5) is 0 Å². The van der Waals surface area contributed by atoms with Gasteiger partial charge in [0.1, 0.15) is 0 Å². The van der Waals surface area contributed by atoms with Gasteiger partial charge < -0.3 is 10.2 Å². The molecule has 2 rings (SSSR count). The van der Waals surface area contributed by atoms with E-state index in [1.807, 2.05) is 18.2 Å². The van der Waals surface area contributed by atoms with E-state index < -0.39 is 0 Å². The van der Waals surface area contributed by atoms with Crippen molar-refractivity contribution in [3.05, 3.63) is 35.4 Å². The standard InChI is InChI=1S/C15H21N3/c1-12(14-6-3-5-13(9-14)10-16)17-15-7-4-8-18(2)11-15/h3,5-6,9,12,15,17H,4,7-8,11H2,1-2H3. The average Bonchev–Trinajstić information content (AvgIpc) is 2.39. The third-order valence-corrected chi connectivity index (χ3v) is 3.63. The van der Waals surface area contributed by atoms with Crippen molar-refractivity contribution in [1.82, 2.24) is 10.2 Å². The summed E-state index contributed by atoms with van der Waals surface area (Å²) in [6, 6.07) is 10.9. The van der Waals surface area contributed by atoms with Crippen LogP contribution < -0.4 is 5.32 Å². The van der Waals surface area contributed by atoms with E-state index >= 15 is 0 Å². The normalized spacial score (nSPS) is 22.4. The summed E-state index contributed by atoms with van der Waals surface area (Å²) in [5, 5.41) is 12.6. The molecule has 0 amide bonds. The maximum Gasteiger partial charge on any atom is 0.0991 e. The molecule has 2 unspecified atom stereocenters. The van der Waals surface area contributed by atoms with Crippen LogP contribution in [0.5, 0.6) is 0 Å². The first-order valence-corrected chi connectivity index (χ1v) is 6.63. The van der Waals surface area contributed by atoms with Crippen molar-refractivity contribution in [3.8, 4) is 6.07 Å². The van der Waals surface area contributed by atoms with Crippen LogP contribution in [0, 0.1) is 11.3 Å². The molecule has 1 aliphatic heterocycles. The second-order valence-corrected chi connectivity index (χ2v) is 5.23. The molecule has 3 nitrogen and oxygen atoms in total. The first-order chi connectivity index (χ1) is 8.69. The Morgan fingerprint density at radius 2 is 2.33 bits per heavy atom. The van der Waals surface area contributed by atoms with Gasteiger partial charge in [-0.05, 0) is 51.1 Å². The predicted octanol–water partition coefficient (Wildman–Crippen LogP) is 2.30. The number of likely N-dealkylation sites (N-methyl/N-ethyl adjacent to an activating group) is 1. The third kappa shape index (κ3) is 3.32. The number of hydrogen-bond donors (Lipinski definition) is 1. The highest BCUT2D eigenvalue weighted by Gasteiger charge is 2.19. The molecule has 1 N–H and O–H groups in total. The maximum atomic E-state index is 8.92. The van der Waals surface area contributed by atoms with Gasteiger partial charge in [-0.25, -0.2) is 0 Å². The van der Waals surface area contributed by atoms with Crippen LogP contribution in [0.25, 0.3) is 0 Å². The molecule has 1 saturated heterocycles. The number of rotatable bonds is 3. The first-order valence-electron chi connectivity index (χ1n) is 6.63. The first kappa shape index (κ1) is 13.1. The van der Waals surface area contributed by atoms with E-state index in [-0.39, 0.29) is 0 Å². The molecule has 0 saturated carbocycles. The SMILES string of the molecule is CC(NC1CCCN(C)C1)c1cccc(C#N)c1. The Balaban J connectivity index is 1.98. The van der Waals surface area contributed by atoms with Crippen molar-refractivity contribution in [1.29, 1.82) is 5.26 Å². The van der Waals surface area contributed by atoms with Crippen LogP contribution in [-0.4, -0.2) is 31.1 Å².